The number of thioether (sulfide) groups is 1. The van der Waals surface area contributed by atoms with E-state index in [0.29, 0.717) is 23.0 Å². The molecule has 2 aromatic rings. The zero-order valence-electron chi connectivity index (χ0n) is 20.5. The second kappa shape index (κ2) is 12.3. The standard InChI is InChI=1S/C24H23ClN2O9S2/c1-4-34-19-11-15(12-20-23(30)27(24(31)37-20)13-21(29)35-5-2)10-18(25)22(19)36-38(32,33)17-8-6-16(7-9-17)26-14(3)28/h6-12H,4-5,13H2,1-3H3,(H,26,28)/b20-12-. The van der Waals surface area contributed by atoms with Crippen LogP contribution in [-0.4, -0.2) is 56.1 Å². The Balaban J connectivity index is 1.88. The van der Waals surface area contributed by atoms with Gasteiger partial charge in [-0.1, -0.05) is 11.6 Å². The third kappa shape index (κ3) is 7.05. The largest absolute Gasteiger partial charge is 0.490 e. The number of nitrogens with one attached hydrogen (secondary N) is 1. The lowest BCUT2D eigenvalue weighted by molar-refractivity contribution is -0.146. The van der Waals surface area contributed by atoms with Crippen LogP contribution in [0.2, 0.25) is 5.02 Å². The van der Waals surface area contributed by atoms with E-state index in [4.69, 9.17) is 25.3 Å². The van der Waals surface area contributed by atoms with E-state index in [2.05, 4.69) is 5.32 Å². The van der Waals surface area contributed by atoms with Crippen molar-refractivity contribution in [3.8, 4) is 11.5 Å². The average molecular weight is 583 g/mol. The molecule has 1 aliphatic heterocycles. The Bertz CT molecular complexity index is 1410. The van der Waals surface area contributed by atoms with Crippen molar-refractivity contribution >= 4 is 68.3 Å². The number of hydrogen-bond donors (Lipinski definition) is 1. The summed E-state index contributed by atoms with van der Waals surface area (Å²) in [5.41, 5.74) is 0.727. The van der Waals surface area contributed by atoms with Crippen molar-refractivity contribution in [1.82, 2.24) is 4.90 Å². The second-order valence-electron chi connectivity index (χ2n) is 7.58. The van der Waals surface area contributed by atoms with Crippen LogP contribution in [0.4, 0.5) is 10.5 Å². The highest BCUT2D eigenvalue weighted by atomic mass is 35.5. The first-order chi connectivity index (χ1) is 17.9. The molecule has 3 rings (SSSR count). The van der Waals surface area contributed by atoms with Crippen LogP contribution in [0.3, 0.4) is 0 Å². The van der Waals surface area contributed by atoms with Crippen LogP contribution in [0.15, 0.2) is 46.2 Å². The summed E-state index contributed by atoms with van der Waals surface area (Å²) in [6.45, 7) is 4.32. The van der Waals surface area contributed by atoms with Gasteiger partial charge in [-0.3, -0.25) is 24.1 Å². The number of imide groups is 1. The number of ether oxygens (including phenoxy) is 2. The summed E-state index contributed by atoms with van der Waals surface area (Å²) in [5.74, 6) is -2.01. The van der Waals surface area contributed by atoms with Crippen molar-refractivity contribution in [1.29, 1.82) is 0 Å². The summed E-state index contributed by atoms with van der Waals surface area (Å²) < 4.78 is 41.4. The van der Waals surface area contributed by atoms with Gasteiger partial charge in [0.2, 0.25) is 11.7 Å². The van der Waals surface area contributed by atoms with Crippen LogP contribution in [0, 0.1) is 0 Å². The van der Waals surface area contributed by atoms with Crippen LogP contribution in [-0.2, 0) is 29.2 Å². The number of esters is 1. The highest BCUT2D eigenvalue weighted by Crippen LogP contribution is 2.40. The molecule has 0 spiro atoms. The summed E-state index contributed by atoms with van der Waals surface area (Å²) in [4.78, 5) is 48.4. The maximum Gasteiger partial charge on any atom is 0.339 e. The quantitative estimate of drug-likeness (QED) is 0.247. The fourth-order valence-corrected chi connectivity index (χ4v) is 5.30. The molecule has 1 heterocycles. The van der Waals surface area contributed by atoms with E-state index in [0.717, 1.165) is 4.90 Å². The molecule has 0 atom stereocenters. The molecule has 1 fully saturated rings. The van der Waals surface area contributed by atoms with Gasteiger partial charge in [0.1, 0.15) is 11.4 Å². The first kappa shape index (κ1) is 29.0. The maximum atomic E-state index is 12.9. The van der Waals surface area contributed by atoms with Crippen molar-refractivity contribution in [3.63, 3.8) is 0 Å². The number of benzene rings is 2. The number of nitrogens with zero attached hydrogens (tertiary/aromatic N) is 1. The Kier molecular flexibility index (Phi) is 9.41. The van der Waals surface area contributed by atoms with E-state index in [1.54, 1.807) is 13.8 Å². The van der Waals surface area contributed by atoms with Crippen molar-refractivity contribution in [3.05, 3.63) is 51.9 Å². The smallest absolute Gasteiger partial charge is 0.339 e. The summed E-state index contributed by atoms with van der Waals surface area (Å²) >= 11 is 6.98. The first-order valence-corrected chi connectivity index (χ1v) is 13.7. The lowest BCUT2D eigenvalue weighted by Crippen LogP contribution is -2.34. The molecule has 38 heavy (non-hydrogen) atoms. The van der Waals surface area contributed by atoms with Crippen molar-refractivity contribution in [2.75, 3.05) is 25.1 Å². The van der Waals surface area contributed by atoms with Gasteiger partial charge in [0.15, 0.2) is 5.75 Å². The summed E-state index contributed by atoms with van der Waals surface area (Å²) in [6.07, 6.45) is 1.36. The molecule has 1 aliphatic rings. The zero-order valence-corrected chi connectivity index (χ0v) is 22.9. The Labute approximate surface area is 228 Å². The van der Waals surface area contributed by atoms with Gasteiger partial charge in [-0.25, -0.2) is 0 Å². The van der Waals surface area contributed by atoms with E-state index in [-0.39, 0.29) is 45.4 Å². The van der Waals surface area contributed by atoms with Gasteiger partial charge < -0.3 is 19.0 Å². The van der Waals surface area contributed by atoms with Gasteiger partial charge in [0, 0.05) is 12.6 Å². The topological polar surface area (TPSA) is 145 Å². The average Bonchev–Trinajstić information content (AvgIpc) is 3.09. The molecule has 0 aromatic heterocycles. The van der Waals surface area contributed by atoms with Crippen LogP contribution in [0.25, 0.3) is 6.08 Å². The lowest BCUT2D eigenvalue weighted by Gasteiger charge is -2.15. The third-order valence-corrected chi connectivity index (χ3v) is 7.18. The third-order valence-electron chi connectivity index (χ3n) is 4.75. The molecule has 0 radical (unpaired) electrons. The molecule has 0 unspecified atom stereocenters. The maximum absolute atomic E-state index is 12.9. The molecule has 11 nitrogen and oxygen atoms in total. The highest BCUT2D eigenvalue weighted by molar-refractivity contribution is 8.18. The first-order valence-electron chi connectivity index (χ1n) is 11.1. The number of anilines is 1. The molecule has 0 bridgehead atoms. The molecular formula is C24H23ClN2O9S2. The van der Waals surface area contributed by atoms with Crippen molar-refractivity contribution < 1.29 is 41.3 Å². The SMILES string of the molecule is CCOC(=O)CN1C(=O)S/C(=C\c2cc(Cl)c(OS(=O)(=O)c3ccc(NC(C)=O)cc3)c(OCC)c2)C1=O. The Hall–Kier alpha value is -3.55. The minimum absolute atomic E-state index is 0.0181. The van der Waals surface area contributed by atoms with Gasteiger partial charge >= 0.3 is 16.1 Å². The lowest BCUT2D eigenvalue weighted by atomic mass is 10.2. The van der Waals surface area contributed by atoms with Gasteiger partial charge in [-0.2, -0.15) is 8.42 Å². The number of amides is 3. The van der Waals surface area contributed by atoms with E-state index < -0.39 is 33.8 Å². The molecule has 1 N–H and O–H groups in total. The fourth-order valence-electron chi connectivity index (χ4n) is 3.20. The predicted octanol–water partition coefficient (Wildman–Crippen LogP) is 4.06. The number of carbonyl (C=O) groups excluding carboxylic acids is 4. The van der Waals surface area contributed by atoms with E-state index >= 15 is 0 Å². The molecule has 1 saturated heterocycles. The summed E-state index contributed by atoms with van der Waals surface area (Å²) in [5, 5.41) is 1.76. The van der Waals surface area contributed by atoms with Gasteiger partial charge in [0.25, 0.3) is 11.1 Å². The molecular weight excluding hydrogens is 560 g/mol. The second-order valence-corrected chi connectivity index (χ2v) is 10.5. The van der Waals surface area contributed by atoms with E-state index in [1.165, 1.54) is 49.4 Å². The minimum atomic E-state index is -4.34. The monoisotopic (exact) mass is 582 g/mol. The van der Waals surface area contributed by atoms with Gasteiger partial charge in [0.05, 0.1) is 23.1 Å². The van der Waals surface area contributed by atoms with E-state index in [9.17, 15) is 27.6 Å². The van der Waals surface area contributed by atoms with Crippen LogP contribution < -0.4 is 14.2 Å². The fraction of sp³-hybridized carbons (Fsp3) is 0.250. The molecule has 202 valence electrons. The number of hydrogen-bond acceptors (Lipinski definition) is 10. The van der Waals surface area contributed by atoms with Crippen LogP contribution in [0.5, 0.6) is 11.5 Å². The normalized spacial score (nSPS) is 14.5. The predicted molar refractivity (Wildman–Crippen MR) is 140 cm³/mol. The Morgan fingerprint density at radius 2 is 1.79 bits per heavy atom. The summed E-state index contributed by atoms with van der Waals surface area (Å²) in [7, 11) is -4.34. The Morgan fingerprint density at radius 3 is 2.39 bits per heavy atom. The minimum Gasteiger partial charge on any atom is -0.490 e. The molecule has 14 heteroatoms. The zero-order chi connectivity index (χ0) is 28.0. The molecule has 0 saturated carbocycles. The van der Waals surface area contributed by atoms with Gasteiger partial charge in [-0.15, -0.1) is 0 Å². The number of rotatable bonds is 10. The van der Waals surface area contributed by atoms with Crippen LogP contribution >= 0.6 is 23.4 Å². The van der Waals surface area contributed by atoms with Crippen molar-refractivity contribution in [2.24, 2.45) is 0 Å². The summed E-state index contributed by atoms with van der Waals surface area (Å²) in [6, 6.07) is 8.07. The number of carbonyl (C=O) groups is 4. The molecule has 3 amide bonds. The van der Waals surface area contributed by atoms with E-state index in [1.807, 2.05) is 0 Å². The molecule has 0 aliphatic carbocycles. The van der Waals surface area contributed by atoms with Crippen molar-refractivity contribution in [2.45, 2.75) is 25.7 Å². The van der Waals surface area contributed by atoms with Crippen LogP contribution in [0.1, 0.15) is 26.3 Å². The van der Waals surface area contributed by atoms with Gasteiger partial charge in [-0.05, 0) is 73.6 Å². The number of halogens is 1. The Morgan fingerprint density at radius 1 is 1.11 bits per heavy atom. The molecule has 2 aromatic carbocycles. The highest BCUT2D eigenvalue weighted by Gasteiger charge is 2.36.